The van der Waals surface area contributed by atoms with Gasteiger partial charge in [-0.2, -0.15) is 5.10 Å². The molecule has 5 rings (SSSR count). The lowest BCUT2D eigenvalue weighted by Crippen LogP contribution is -2.39. The number of rotatable bonds is 3. The van der Waals surface area contributed by atoms with E-state index in [1.165, 1.54) is 4.70 Å². The summed E-state index contributed by atoms with van der Waals surface area (Å²) >= 11 is 1.76. The highest BCUT2D eigenvalue weighted by atomic mass is 32.1. The number of fused-ring (bicyclic) bond motifs is 1. The first-order valence-corrected chi connectivity index (χ1v) is 11.2. The van der Waals surface area contributed by atoms with E-state index in [0.29, 0.717) is 12.5 Å². The van der Waals surface area contributed by atoms with E-state index in [-0.39, 0.29) is 5.91 Å². The molecule has 152 valence electrons. The van der Waals surface area contributed by atoms with Crippen LogP contribution < -0.4 is 0 Å². The third-order valence-electron chi connectivity index (χ3n) is 5.87. The number of nitrogens with zero attached hydrogens (tertiary/aromatic N) is 4. The minimum absolute atomic E-state index is 0.0815. The van der Waals surface area contributed by atoms with Gasteiger partial charge in [-0.05, 0) is 51.0 Å². The molecule has 1 saturated heterocycles. The van der Waals surface area contributed by atoms with Gasteiger partial charge in [-0.25, -0.2) is 9.67 Å². The molecule has 4 aromatic rings. The number of aromatic nitrogens is 3. The first kappa shape index (κ1) is 19.0. The fraction of sp³-hybridized carbons (Fsp3) is 0.292. The highest BCUT2D eigenvalue weighted by Crippen LogP contribution is 2.33. The summed E-state index contributed by atoms with van der Waals surface area (Å²) < 4.78 is 3.09. The molecule has 30 heavy (non-hydrogen) atoms. The second kappa shape index (κ2) is 7.69. The van der Waals surface area contributed by atoms with Crippen molar-refractivity contribution >= 4 is 27.5 Å². The van der Waals surface area contributed by atoms with Gasteiger partial charge in [0, 0.05) is 19.0 Å². The minimum Gasteiger partial charge on any atom is -0.338 e. The van der Waals surface area contributed by atoms with Crippen LogP contribution >= 0.6 is 11.3 Å². The standard InChI is InChI=1S/C24H24N4OS/c1-16-22(17(2)28(26-16)19-10-4-3-5-11-19)24(29)27-14-8-9-18(15-27)23-25-20-12-6-7-13-21(20)30-23/h3-7,10-13,18H,8-9,14-15H2,1-2H3/t18-/m0/s1. The van der Waals surface area contributed by atoms with Crippen molar-refractivity contribution < 1.29 is 4.79 Å². The minimum atomic E-state index is 0.0815. The van der Waals surface area contributed by atoms with Gasteiger partial charge in [-0.1, -0.05) is 30.3 Å². The number of amides is 1. The summed E-state index contributed by atoms with van der Waals surface area (Å²) in [6.45, 7) is 5.41. The normalized spacial score (nSPS) is 16.9. The van der Waals surface area contributed by atoms with Gasteiger partial charge in [0.25, 0.3) is 5.91 Å². The van der Waals surface area contributed by atoms with Gasteiger partial charge in [0.05, 0.1) is 37.9 Å². The van der Waals surface area contributed by atoms with E-state index in [2.05, 4.69) is 23.3 Å². The predicted octanol–water partition coefficient (Wildman–Crippen LogP) is 5.12. The molecule has 3 heterocycles. The molecule has 1 fully saturated rings. The maximum atomic E-state index is 13.5. The Morgan fingerprint density at radius 1 is 1.07 bits per heavy atom. The van der Waals surface area contributed by atoms with Crippen LogP contribution in [0.15, 0.2) is 54.6 Å². The van der Waals surface area contributed by atoms with E-state index in [1.807, 2.05) is 59.8 Å². The molecule has 0 unspecified atom stereocenters. The van der Waals surface area contributed by atoms with Crippen LogP contribution in [0.1, 0.15) is 45.5 Å². The molecule has 1 aliphatic rings. The summed E-state index contributed by atoms with van der Waals surface area (Å²) in [5.74, 6) is 0.378. The summed E-state index contributed by atoms with van der Waals surface area (Å²) in [7, 11) is 0. The average molecular weight is 417 g/mol. The molecule has 2 aromatic carbocycles. The zero-order chi connectivity index (χ0) is 20.7. The van der Waals surface area contributed by atoms with Crippen molar-refractivity contribution in [1.29, 1.82) is 0 Å². The van der Waals surface area contributed by atoms with Crippen LogP contribution in [-0.2, 0) is 0 Å². The fourth-order valence-electron chi connectivity index (χ4n) is 4.36. The molecule has 0 bridgehead atoms. The Morgan fingerprint density at radius 2 is 1.83 bits per heavy atom. The van der Waals surface area contributed by atoms with Crippen LogP contribution in [0.4, 0.5) is 0 Å². The number of carbonyl (C=O) groups is 1. The van der Waals surface area contributed by atoms with E-state index < -0.39 is 0 Å². The lowest BCUT2D eigenvalue weighted by Gasteiger charge is -2.32. The van der Waals surface area contributed by atoms with E-state index in [1.54, 1.807) is 11.3 Å². The Hall–Kier alpha value is -2.99. The summed E-state index contributed by atoms with van der Waals surface area (Å²) in [4.78, 5) is 20.3. The molecule has 0 saturated carbocycles. The number of hydrogen-bond acceptors (Lipinski definition) is 4. The fourth-order valence-corrected chi connectivity index (χ4v) is 5.45. The Morgan fingerprint density at radius 3 is 2.63 bits per heavy atom. The lowest BCUT2D eigenvalue weighted by atomic mass is 9.97. The zero-order valence-electron chi connectivity index (χ0n) is 17.2. The van der Waals surface area contributed by atoms with E-state index >= 15 is 0 Å². The smallest absolute Gasteiger partial charge is 0.257 e. The molecule has 6 heteroatoms. The maximum absolute atomic E-state index is 13.5. The van der Waals surface area contributed by atoms with Gasteiger partial charge in [-0.3, -0.25) is 4.79 Å². The highest BCUT2D eigenvalue weighted by Gasteiger charge is 2.30. The van der Waals surface area contributed by atoms with Gasteiger partial charge in [0.1, 0.15) is 0 Å². The second-order valence-electron chi connectivity index (χ2n) is 7.90. The Balaban J connectivity index is 1.42. The number of hydrogen-bond donors (Lipinski definition) is 0. The van der Waals surface area contributed by atoms with Crippen LogP contribution in [0, 0.1) is 13.8 Å². The number of aryl methyl sites for hydroxylation is 1. The van der Waals surface area contributed by atoms with Crippen molar-refractivity contribution in [3.05, 3.63) is 76.6 Å². The van der Waals surface area contributed by atoms with Crippen molar-refractivity contribution in [3.8, 4) is 5.69 Å². The van der Waals surface area contributed by atoms with Gasteiger partial charge in [-0.15, -0.1) is 11.3 Å². The number of benzene rings is 2. The average Bonchev–Trinajstić information content (AvgIpc) is 3.34. The second-order valence-corrected chi connectivity index (χ2v) is 8.97. The molecular weight excluding hydrogens is 392 g/mol. The first-order valence-electron chi connectivity index (χ1n) is 10.4. The SMILES string of the molecule is Cc1nn(-c2ccccc2)c(C)c1C(=O)N1CCC[C@H](c2nc3ccccc3s2)C1. The first-order chi connectivity index (χ1) is 14.6. The van der Waals surface area contributed by atoms with Crippen molar-refractivity contribution in [2.45, 2.75) is 32.6 Å². The highest BCUT2D eigenvalue weighted by molar-refractivity contribution is 7.18. The van der Waals surface area contributed by atoms with Crippen molar-refractivity contribution in [1.82, 2.24) is 19.7 Å². The van der Waals surface area contributed by atoms with Crippen LogP contribution in [0.2, 0.25) is 0 Å². The molecule has 1 aliphatic heterocycles. The van der Waals surface area contributed by atoms with E-state index in [9.17, 15) is 4.79 Å². The largest absolute Gasteiger partial charge is 0.338 e. The topological polar surface area (TPSA) is 51.0 Å². The van der Waals surface area contributed by atoms with Crippen molar-refractivity contribution in [2.24, 2.45) is 0 Å². The maximum Gasteiger partial charge on any atom is 0.257 e. The number of likely N-dealkylation sites (tertiary alicyclic amines) is 1. The van der Waals surface area contributed by atoms with Crippen LogP contribution in [0.3, 0.4) is 0 Å². The summed E-state index contributed by atoms with van der Waals surface area (Å²) in [6.07, 6.45) is 2.07. The number of carbonyl (C=O) groups excluding carboxylic acids is 1. The lowest BCUT2D eigenvalue weighted by molar-refractivity contribution is 0.0705. The third kappa shape index (κ3) is 3.31. The number of piperidine rings is 1. The Labute approximate surface area is 180 Å². The molecule has 0 radical (unpaired) electrons. The van der Waals surface area contributed by atoms with E-state index in [0.717, 1.165) is 52.5 Å². The predicted molar refractivity (Wildman–Crippen MR) is 121 cm³/mol. The quantitative estimate of drug-likeness (QED) is 0.466. The molecule has 0 spiro atoms. The molecule has 1 amide bonds. The van der Waals surface area contributed by atoms with Crippen molar-refractivity contribution in [3.63, 3.8) is 0 Å². The molecule has 1 atom stereocenters. The van der Waals surface area contributed by atoms with Gasteiger partial charge < -0.3 is 4.90 Å². The Kier molecular flexibility index (Phi) is 4.87. The van der Waals surface area contributed by atoms with Crippen LogP contribution in [-0.4, -0.2) is 38.7 Å². The molecule has 0 aliphatic carbocycles. The molecular formula is C24H24N4OS. The summed E-state index contributed by atoms with van der Waals surface area (Å²) in [5.41, 5.74) is 4.43. The van der Waals surface area contributed by atoms with Gasteiger partial charge in [0.2, 0.25) is 0 Å². The van der Waals surface area contributed by atoms with Crippen LogP contribution in [0.25, 0.3) is 15.9 Å². The molecule has 5 nitrogen and oxygen atoms in total. The third-order valence-corrected chi connectivity index (χ3v) is 7.07. The zero-order valence-corrected chi connectivity index (χ0v) is 18.0. The summed E-state index contributed by atoms with van der Waals surface area (Å²) in [6, 6.07) is 18.2. The van der Waals surface area contributed by atoms with Crippen LogP contribution in [0.5, 0.6) is 0 Å². The number of para-hydroxylation sites is 2. The Bertz CT molecular complexity index is 1180. The van der Waals surface area contributed by atoms with Gasteiger partial charge >= 0.3 is 0 Å². The number of thiazole rings is 1. The summed E-state index contributed by atoms with van der Waals surface area (Å²) in [5, 5.41) is 5.80. The molecule has 0 N–H and O–H groups in total. The monoisotopic (exact) mass is 416 g/mol. The van der Waals surface area contributed by atoms with Crippen molar-refractivity contribution in [2.75, 3.05) is 13.1 Å². The molecule has 2 aromatic heterocycles. The van der Waals surface area contributed by atoms with Gasteiger partial charge in [0.15, 0.2) is 0 Å². The van der Waals surface area contributed by atoms with E-state index in [4.69, 9.17) is 4.98 Å².